The van der Waals surface area contributed by atoms with E-state index in [2.05, 4.69) is 25.9 Å². The molecule has 33 heavy (non-hydrogen) atoms. The molecule has 14 heteroatoms. The fraction of sp³-hybridized carbons (Fsp3) is 0.579. The van der Waals surface area contributed by atoms with E-state index in [9.17, 15) is 29.1 Å². The number of hydrogen-bond donors (Lipinski definition) is 8. The van der Waals surface area contributed by atoms with Crippen molar-refractivity contribution in [1.29, 1.82) is 0 Å². The van der Waals surface area contributed by atoms with Gasteiger partial charge in [-0.05, 0) is 12.3 Å². The van der Waals surface area contributed by atoms with E-state index in [4.69, 9.17) is 16.6 Å². The van der Waals surface area contributed by atoms with E-state index in [-0.39, 0.29) is 18.8 Å². The van der Waals surface area contributed by atoms with E-state index in [1.165, 1.54) is 12.5 Å². The van der Waals surface area contributed by atoms with Crippen LogP contribution in [0.15, 0.2) is 12.5 Å². The highest BCUT2D eigenvalue weighted by atomic mass is 16.4. The highest BCUT2D eigenvalue weighted by Crippen LogP contribution is 2.07. The average molecular weight is 469 g/mol. The molecule has 0 radical (unpaired) electrons. The minimum atomic E-state index is -1.49. The Morgan fingerprint density at radius 2 is 1.61 bits per heavy atom. The molecule has 1 heterocycles. The van der Waals surface area contributed by atoms with Crippen LogP contribution in [-0.2, 0) is 30.4 Å². The largest absolute Gasteiger partial charge is 0.480 e. The maximum absolute atomic E-state index is 12.8. The van der Waals surface area contributed by atoms with E-state index >= 15 is 0 Å². The van der Waals surface area contributed by atoms with Crippen LogP contribution in [0.1, 0.15) is 32.4 Å². The second-order valence-corrected chi connectivity index (χ2v) is 7.89. The number of nitrogens with one attached hydrogen (secondary N) is 4. The number of carbonyl (C=O) groups excluding carboxylic acids is 4. The van der Waals surface area contributed by atoms with Crippen molar-refractivity contribution in [3.63, 3.8) is 0 Å². The second-order valence-electron chi connectivity index (χ2n) is 7.89. The van der Waals surface area contributed by atoms with Gasteiger partial charge in [-0.3, -0.25) is 19.2 Å². The summed E-state index contributed by atoms with van der Waals surface area (Å²) in [7, 11) is 0. The lowest BCUT2D eigenvalue weighted by molar-refractivity contribution is -0.142. The van der Waals surface area contributed by atoms with Gasteiger partial charge < -0.3 is 42.6 Å². The van der Waals surface area contributed by atoms with Crippen LogP contribution in [0, 0.1) is 5.92 Å². The number of aliphatic carboxylic acids is 1. The number of aromatic nitrogens is 2. The molecule has 0 aromatic carbocycles. The number of carboxylic acids is 1. The zero-order valence-corrected chi connectivity index (χ0v) is 18.4. The summed E-state index contributed by atoms with van der Waals surface area (Å²) in [6.45, 7) is 2.94. The number of aliphatic hydroxyl groups is 1. The number of primary amides is 1. The summed E-state index contributed by atoms with van der Waals surface area (Å²) < 4.78 is 0. The normalized spacial score (nSPS) is 14.6. The molecule has 1 aromatic heterocycles. The molecule has 0 aliphatic carbocycles. The summed E-state index contributed by atoms with van der Waals surface area (Å²) in [6, 6.07) is -5.25. The van der Waals surface area contributed by atoms with Crippen LogP contribution in [0.25, 0.3) is 0 Å². The lowest BCUT2D eigenvalue weighted by Gasteiger charge is -2.25. The molecule has 0 bridgehead atoms. The molecule has 184 valence electrons. The fourth-order valence-corrected chi connectivity index (χ4v) is 2.84. The maximum atomic E-state index is 12.8. The zero-order valence-electron chi connectivity index (χ0n) is 18.4. The van der Waals surface area contributed by atoms with Gasteiger partial charge in [0, 0.05) is 18.3 Å². The minimum absolute atomic E-state index is 0.0550. The summed E-state index contributed by atoms with van der Waals surface area (Å²) in [5.41, 5.74) is 11.1. The van der Waals surface area contributed by atoms with Crippen LogP contribution in [0.2, 0.25) is 0 Å². The molecule has 0 aliphatic rings. The molecule has 1 aromatic rings. The monoisotopic (exact) mass is 469 g/mol. The Hall–Kier alpha value is -3.52. The molecule has 10 N–H and O–H groups in total. The van der Waals surface area contributed by atoms with Crippen molar-refractivity contribution in [3.05, 3.63) is 18.2 Å². The van der Waals surface area contributed by atoms with E-state index in [0.29, 0.717) is 5.69 Å². The van der Waals surface area contributed by atoms with Crippen LogP contribution < -0.4 is 27.4 Å². The predicted octanol–water partition coefficient (Wildman–Crippen LogP) is -3.27. The molecule has 14 nitrogen and oxygen atoms in total. The molecule has 4 atom stereocenters. The van der Waals surface area contributed by atoms with Crippen molar-refractivity contribution in [2.75, 3.05) is 6.61 Å². The van der Waals surface area contributed by atoms with Gasteiger partial charge in [-0.1, -0.05) is 13.8 Å². The van der Waals surface area contributed by atoms with Crippen molar-refractivity contribution in [3.8, 4) is 0 Å². The Balaban J connectivity index is 2.97. The van der Waals surface area contributed by atoms with Gasteiger partial charge >= 0.3 is 5.97 Å². The number of carboxylic acid groups (broad SMARTS) is 1. The number of H-pyrrole nitrogens is 1. The van der Waals surface area contributed by atoms with Gasteiger partial charge in [-0.2, -0.15) is 0 Å². The molecule has 0 saturated carbocycles. The smallest absolute Gasteiger partial charge is 0.326 e. The Morgan fingerprint density at radius 3 is 2.09 bits per heavy atom. The third-order valence-corrected chi connectivity index (χ3v) is 4.51. The summed E-state index contributed by atoms with van der Waals surface area (Å²) in [4.78, 5) is 67.1. The Bertz CT molecular complexity index is 828. The number of amides is 4. The van der Waals surface area contributed by atoms with Gasteiger partial charge in [-0.15, -0.1) is 0 Å². The topological polar surface area (TPSA) is 243 Å². The molecule has 0 spiro atoms. The second kappa shape index (κ2) is 13.1. The highest BCUT2D eigenvalue weighted by molar-refractivity contribution is 5.96. The Morgan fingerprint density at radius 1 is 1.03 bits per heavy atom. The number of nitrogens with two attached hydrogens (primary N) is 2. The van der Waals surface area contributed by atoms with Crippen molar-refractivity contribution in [2.45, 2.75) is 57.3 Å². The van der Waals surface area contributed by atoms with E-state index in [1.807, 2.05) is 0 Å². The van der Waals surface area contributed by atoms with Crippen LogP contribution in [0.5, 0.6) is 0 Å². The van der Waals surface area contributed by atoms with Crippen LogP contribution >= 0.6 is 0 Å². The Kier molecular flexibility index (Phi) is 10.9. The number of hydrogen-bond acceptors (Lipinski definition) is 8. The number of aliphatic hydroxyl groups excluding tert-OH is 1. The molecule has 0 aliphatic heterocycles. The van der Waals surface area contributed by atoms with Crippen LogP contribution in [0.4, 0.5) is 0 Å². The third kappa shape index (κ3) is 9.65. The first-order chi connectivity index (χ1) is 15.4. The maximum Gasteiger partial charge on any atom is 0.326 e. The van der Waals surface area contributed by atoms with Crippen molar-refractivity contribution < 1.29 is 34.2 Å². The minimum Gasteiger partial charge on any atom is -0.480 e. The lowest BCUT2D eigenvalue weighted by Crippen LogP contribution is -2.58. The van der Waals surface area contributed by atoms with Gasteiger partial charge in [0.1, 0.15) is 24.2 Å². The number of aromatic amines is 1. The summed E-state index contributed by atoms with van der Waals surface area (Å²) in [5, 5.41) is 25.4. The van der Waals surface area contributed by atoms with Crippen molar-refractivity contribution >= 4 is 29.6 Å². The zero-order chi connectivity index (χ0) is 25.1. The van der Waals surface area contributed by atoms with Crippen molar-refractivity contribution in [2.24, 2.45) is 17.4 Å². The van der Waals surface area contributed by atoms with Crippen LogP contribution in [-0.4, -0.2) is 80.6 Å². The summed E-state index contributed by atoms with van der Waals surface area (Å²) in [6.07, 6.45) is 2.17. The summed E-state index contributed by atoms with van der Waals surface area (Å²) >= 11 is 0. The molecule has 0 fully saturated rings. The van der Waals surface area contributed by atoms with Gasteiger partial charge in [0.2, 0.25) is 23.6 Å². The molecular weight excluding hydrogens is 438 g/mol. The number of rotatable bonds is 14. The molecule has 1 rings (SSSR count). The van der Waals surface area contributed by atoms with E-state index in [1.54, 1.807) is 13.8 Å². The molecule has 4 amide bonds. The van der Waals surface area contributed by atoms with E-state index < -0.39 is 66.8 Å². The average Bonchev–Trinajstić information content (AvgIpc) is 3.23. The predicted molar refractivity (Wildman–Crippen MR) is 114 cm³/mol. The first-order valence-corrected chi connectivity index (χ1v) is 10.2. The third-order valence-electron chi connectivity index (χ3n) is 4.51. The van der Waals surface area contributed by atoms with E-state index in [0.717, 1.165) is 0 Å². The van der Waals surface area contributed by atoms with Crippen LogP contribution in [0.3, 0.4) is 0 Å². The van der Waals surface area contributed by atoms with Gasteiger partial charge in [0.05, 0.1) is 19.4 Å². The van der Waals surface area contributed by atoms with Crippen molar-refractivity contribution in [1.82, 2.24) is 25.9 Å². The lowest BCUT2D eigenvalue weighted by atomic mass is 10.0. The standard InChI is InChI=1S/C19H31N7O7/c1-9(2)3-12(24-16(29)11(20)7-27)17(30)25-13(5-15(21)28)18(31)26-14(19(32)33)4-10-6-22-8-23-10/h6,8-9,11-14,27H,3-5,7,20H2,1-2H3,(H2,21,28)(H,22,23)(H,24,29)(H,25,30)(H,26,31)(H,32,33). The molecule has 0 saturated heterocycles. The molecular formula is C19H31N7O7. The molecule has 4 unspecified atom stereocenters. The number of imidazole rings is 1. The fourth-order valence-electron chi connectivity index (χ4n) is 2.84. The quantitative estimate of drug-likeness (QED) is 0.136. The SMILES string of the molecule is CC(C)CC(NC(=O)C(N)CO)C(=O)NC(CC(N)=O)C(=O)NC(Cc1cnc[nH]1)C(=O)O. The van der Waals surface area contributed by atoms with Gasteiger partial charge in [0.25, 0.3) is 0 Å². The number of nitrogens with zero attached hydrogens (tertiary/aromatic N) is 1. The van der Waals surface area contributed by atoms with Gasteiger partial charge in [0.15, 0.2) is 0 Å². The highest BCUT2D eigenvalue weighted by Gasteiger charge is 2.31. The number of carbonyl (C=O) groups is 5. The first-order valence-electron chi connectivity index (χ1n) is 10.2. The first kappa shape index (κ1) is 27.5. The summed E-state index contributed by atoms with van der Waals surface area (Å²) in [5.74, 6) is -4.84. The van der Waals surface area contributed by atoms with Gasteiger partial charge in [-0.25, -0.2) is 9.78 Å². The Labute approximate surface area is 189 Å².